The second-order valence-electron chi connectivity index (χ2n) is 5.80. The van der Waals surface area contributed by atoms with Crippen molar-refractivity contribution >= 4 is 34.5 Å². The SMILES string of the molecule is O=C(Cc1ccc(Cl)cc1)Nc1ccsc1-c1nc(-c2ccccc2)no1. The van der Waals surface area contributed by atoms with Crippen molar-refractivity contribution in [3.05, 3.63) is 76.6 Å². The molecule has 4 aromatic rings. The van der Waals surface area contributed by atoms with Crippen LogP contribution in [0.4, 0.5) is 5.69 Å². The lowest BCUT2D eigenvalue weighted by Gasteiger charge is -2.05. The highest BCUT2D eigenvalue weighted by atomic mass is 35.5. The van der Waals surface area contributed by atoms with Crippen LogP contribution < -0.4 is 5.32 Å². The summed E-state index contributed by atoms with van der Waals surface area (Å²) in [5.41, 5.74) is 2.41. The Labute approximate surface area is 164 Å². The van der Waals surface area contributed by atoms with Crippen LogP contribution in [0.5, 0.6) is 0 Å². The third kappa shape index (κ3) is 4.07. The fraction of sp³-hybridized carbons (Fsp3) is 0.0500. The largest absolute Gasteiger partial charge is 0.333 e. The molecular weight excluding hydrogens is 382 g/mol. The number of hydrogen-bond acceptors (Lipinski definition) is 5. The Hall–Kier alpha value is -2.96. The van der Waals surface area contributed by atoms with E-state index in [0.29, 0.717) is 22.4 Å². The number of anilines is 1. The molecule has 1 amide bonds. The van der Waals surface area contributed by atoms with E-state index >= 15 is 0 Å². The number of thiophene rings is 1. The number of nitrogens with one attached hydrogen (secondary N) is 1. The number of hydrogen-bond donors (Lipinski definition) is 1. The number of nitrogens with zero attached hydrogens (tertiary/aromatic N) is 2. The van der Waals surface area contributed by atoms with Crippen LogP contribution in [0.1, 0.15) is 5.56 Å². The maximum Gasteiger partial charge on any atom is 0.270 e. The van der Waals surface area contributed by atoms with Gasteiger partial charge in [-0.3, -0.25) is 4.79 Å². The minimum absolute atomic E-state index is 0.125. The lowest BCUT2D eigenvalue weighted by Crippen LogP contribution is -2.14. The number of benzene rings is 2. The normalized spacial score (nSPS) is 10.7. The van der Waals surface area contributed by atoms with E-state index in [0.717, 1.165) is 16.0 Å². The van der Waals surface area contributed by atoms with Gasteiger partial charge < -0.3 is 9.84 Å². The molecule has 0 spiro atoms. The van der Waals surface area contributed by atoms with Crippen molar-refractivity contribution in [3.63, 3.8) is 0 Å². The topological polar surface area (TPSA) is 68.0 Å². The first-order chi connectivity index (χ1) is 13.2. The van der Waals surface area contributed by atoms with Crippen molar-refractivity contribution in [2.45, 2.75) is 6.42 Å². The van der Waals surface area contributed by atoms with E-state index in [9.17, 15) is 4.79 Å². The molecule has 0 atom stereocenters. The molecular formula is C20H14ClN3O2S. The van der Waals surface area contributed by atoms with Gasteiger partial charge in [0.25, 0.3) is 5.89 Å². The highest BCUT2D eigenvalue weighted by Crippen LogP contribution is 2.33. The molecule has 27 heavy (non-hydrogen) atoms. The Morgan fingerprint density at radius 3 is 2.63 bits per heavy atom. The molecule has 2 aromatic carbocycles. The van der Waals surface area contributed by atoms with Gasteiger partial charge in [-0.2, -0.15) is 4.98 Å². The molecule has 2 aromatic heterocycles. The van der Waals surface area contributed by atoms with Crippen molar-refractivity contribution in [1.82, 2.24) is 10.1 Å². The number of carbonyl (C=O) groups is 1. The monoisotopic (exact) mass is 395 g/mol. The molecule has 0 radical (unpaired) electrons. The van der Waals surface area contributed by atoms with Gasteiger partial charge in [0.1, 0.15) is 4.88 Å². The molecule has 7 heteroatoms. The molecule has 0 bridgehead atoms. The Kier molecular flexibility index (Phi) is 5.00. The quantitative estimate of drug-likeness (QED) is 0.498. The number of carbonyl (C=O) groups excluding carboxylic acids is 1. The first kappa shape index (κ1) is 17.5. The van der Waals surface area contributed by atoms with E-state index in [1.807, 2.05) is 53.9 Å². The number of rotatable bonds is 5. The van der Waals surface area contributed by atoms with Gasteiger partial charge in [0, 0.05) is 10.6 Å². The molecule has 0 unspecified atom stereocenters. The zero-order valence-corrected chi connectivity index (χ0v) is 15.6. The maximum absolute atomic E-state index is 12.4. The van der Waals surface area contributed by atoms with Gasteiger partial charge in [-0.1, -0.05) is 59.2 Å². The molecule has 0 aliphatic rings. The zero-order valence-electron chi connectivity index (χ0n) is 14.1. The average Bonchev–Trinajstić information content (AvgIpc) is 3.33. The Bertz CT molecular complexity index is 1060. The van der Waals surface area contributed by atoms with Gasteiger partial charge in [0.05, 0.1) is 12.1 Å². The molecule has 134 valence electrons. The van der Waals surface area contributed by atoms with E-state index in [-0.39, 0.29) is 12.3 Å². The van der Waals surface area contributed by atoms with Gasteiger partial charge in [0.2, 0.25) is 11.7 Å². The summed E-state index contributed by atoms with van der Waals surface area (Å²) >= 11 is 7.31. The summed E-state index contributed by atoms with van der Waals surface area (Å²) in [5.74, 6) is 0.767. The van der Waals surface area contributed by atoms with Gasteiger partial charge in [-0.25, -0.2) is 0 Å². The maximum atomic E-state index is 12.4. The van der Waals surface area contributed by atoms with E-state index < -0.39 is 0 Å². The summed E-state index contributed by atoms with van der Waals surface area (Å²) in [6.45, 7) is 0. The zero-order chi connectivity index (χ0) is 18.6. The van der Waals surface area contributed by atoms with Crippen molar-refractivity contribution < 1.29 is 9.32 Å². The second kappa shape index (κ2) is 7.73. The van der Waals surface area contributed by atoms with E-state index in [1.165, 1.54) is 11.3 Å². The molecule has 0 aliphatic heterocycles. The summed E-state index contributed by atoms with van der Waals surface area (Å²) in [6, 6.07) is 18.6. The Morgan fingerprint density at radius 2 is 1.85 bits per heavy atom. The molecule has 0 saturated carbocycles. The number of halogens is 1. The predicted molar refractivity (Wildman–Crippen MR) is 107 cm³/mol. The third-order valence-electron chi connectivity index (χ3n) is 3.87. The smallest absolute Gasteiger partial charge is 0.270 e. The van der Waals surface area contributed by atoms with Crippen molar-refractivity contribution in [2.24, 2.45) is 0 Å². The second-order valence-corrected chi connectivity index (χ2v) is 7.16. The third-order valence-corrected chi connectivity index (χ3v) is 5.02. The van der Waals surface area contributed by atoms with Gasteiger partial charge >= 0.3 is 0 Å². The summed E-state index contributed by atoms with van der Waals surface area (Å²) < 4.78 is 5.40. The van der Waals surface area contributed by atoms with Crippen LogP contribution in [0.3, 0.4) is 0 Å². The van der Waals surface area contributed by atoms with E-state index in [2.05, 4.69) is 15.5 Å². The summed E-state index contributed by atoms with van der Waals surface area (Å²) in [5, 5.41) is 9.46. The summed E-state index contributed by atoms with van der Waals surface area (Å²) in [7, 11) is 0. The summed E-state index contributed by atoms with van der Waals surface area (Å²) in [6.07, 6.45) is 0.256. The van der Waals surface area contributed by atoms with Crippen LogP contribution >= 0.6 is 22.9 Å². The summed E-state index contributed by atoms with van der Waals surface area (Å²) in [4.78, 5) is 17.6. The van der Waals surface area contributed by atoms with Crippen molar-refractivity contribution in [2.75, 3.05) is 5.32 Å². The molecule has 1 N–H and O–H groups in total. The average molecular weight is 396 g/mol. The molecule has 5 nitrogen and oxygen atoms in total. The van der Waals surface area contributed by atoms with E-state index in [1.54, 1.807) is 12.1 Å². The van der Waals surface area contributed by atoms with Crippen molar-refractivity contribution in [1.29, 1.82) is 0 Å². The van der Waals surface area contributed by atoms with Crippen LogP contribution in [-0.4, -0.2) is 16.0 Å². The predicted octanol–water partition coefficient (Wildman–Crippen LogP) is 5.30. The molecule has 0 saturated heterocycles. The minimum atomic E-state index is -0.125. The van der Waals surface area contributed by atoms with Gasteiger partial charge in [-0.05, 0) is 29.1 Å². The highest BCUT2D eigenvalue weighted by Gasteiger charge is 2.17. The minimum Gasteiger partial charge on any atom is -0.333 e. The standard InChI is InChI=1S/C20H14ClN3O2S/c21-15-8-6-13(7-9-15)12-17(25)22-16-10-11-27-18(16)20-23-19(24-26-20)14-4-2-1-3-5-14/h1-11H,12H2,(H,22,25). The van der Waals surface area contributed by atoms with Gasteiger partial charge in [-0.15, -0.1) is 11.3 Å². The molecule has 0 fully saturated rings. The molecule has 0 aliphatic carbocycles. The first-order valence-corrected chi connectivity index (χ1v) is 9.46. The van der Waals surface area contributed by atoms with E-state index in [4.69, 9.17) is 16.1 Å². The highest BCUT2D eigenvalue weighted by molar-refractivity contribution is 7.14. The van der Waals surface area contributed by atoms with Crippen LogP contribution in [0.15, 0.2) is 70.6 Å². The fourth-order valence-corrected chi connectivity index (χ4v) is 3.47. The number of aromatic nitrogens is 2. The van der Waals surface area contributed by atoms with Crippen LogP contribution in [0.25, 0.3) is 22.2 Å². The lowest BCUT2D eigenvalue weighted by atomic mass is 10.1. The van der Waals surface area contributed by atoms with Crippen LogP contribution in [0.2, 0.25) is 5.02 Å². The molecule has 4 rings (SSSR count). The number of amides is 1. The first-order valence-electron chi connectivity index (χ1n) is 8.20. The Morgan fingerprint density at radius 1 is 1.07 bits per heavy atom. The van der Waals surface area contributed by atoms with Crippen LogP contribution in [0, 0.1) is 0 Å². The Balaban J connectivity index is 1.50. The fourth-order valence-electron chi connectivity index (χ4n) is 2.58. The van der Waals surface area contributed by atoms with Crippen molar-refractivity contribution in [3.8, 4) is 22.2 Å². The van der Waals surface area contributed by atoms with Crippen LogP contribution in [-0.2, 0) is 11.2 Å². The molecule has 2 heterocycles. The lowest BCUT2D eigenvalue weighted by molar-refractivity contribution is -0.115. The van der Waals surface area contributed by atoms with Gasteiger partial charge in [0.15, 0.2) is 0 Å².